The fraction of sp³-hybridized carbons (Fsp3) is 0.417. The Bertz CT molecular complexity index is 545. The van der Waals surface area contributed by atoms with Crippen LogP contribution in [0, 0.1) is 0 Å². The van der Waals surface area contributed by atoms with Crippen molar-refractivity contribution in [2.24, 2.45) is 0 Å². The molecule has 1 N–H and O–H groups in total. The first-order valence-corrected chi connectivity index (χ1v) is 5.69. The van der Waals surface area contributed by atoms with Crippen LogP contribution < -0.4 is 5.56 Å². The Morgan fingerprint density at radius 1 is 1.44 bits per heavy atom. The van der Waals surface area contributed by atoms with Crippen molar-refractivity contribution in [2.45, 2.75) is 25.4 Å². The van der Waals surface area contributed by atoms with E-state index in [2.05, 4.69) is 0 Å². The number of hydrogen-bond donors (Lipinski definition) is 1. The SMILES string of the molecule is CN(C(=O)Cn1c(C(=O)O)cccc1=O)C1CC1. The van der Waals surface area contributed by atoms with E-state index < -0.39 is 11.5 Å². The number of hydrogen-bond acceptors (Lipinski definition) is 3. The topological polar surface area (TPSA) is 79.6 Å². The molecule has 1 heterocycles. The average molecular weight is 250 g/mol. The molecule has 1 aromatic rings. The van der Waals surface area contributed by atoms with Crippen molar-refractivity contribution < 1.29 is 14.7 Å². The van der Waals surface area contributed by atoms with Crippen molar-refractivity contribution in [3.05, 3.63) is 34.2 Å². The second-order valence-electron chi connectivity index (χ2n) is 4.38. The van der Waals surface area contributed by atoms with E-state index in [1.165, 1.54) is 18.2 Å². The number of aromatic nitrogens is 1. The molecule has 2 rings (SSSR count). The van der Waals surface area contributed by atoms with Gasteiger partial charge in [-0.2, -0.15) is 0 Å². The van der Waals surface area contributed by atoms with E-state index in [0.717, 1.165) is 17.4 Å². The standard InChI is InChI=1S/C12H14N2O4/c1-13(8-5-6-8)11(16)7-14-9(12(17)18)3-2-4-10(14)15/h2-4,8H,5-7H2,1H3,(H,17,18). The summed E-state index contributed by atoms with van der Waals surface area (Å²) in [6.07, 6.45) is 1.94. The number of pyridine rings is 1. The van der Waals surface area contributed by atoms with Crippen LogP contribution >= 0.6 is 0 Å². The molecule has 1 aromatic heterocycles. The maximum Gasteiger partial charge on any atom is 0.352 e. The van der Waals surface area contributed by atoms with Crippen molar-refractivity contribution in [3.8, 4) is 0 Å². The summed E-state index contributed by atoms with van der Waals surface area (Å²) in [5.41, 5.74) is -0.646. The van der Waals surface area contributed by atoms with Crippen molar-refractivity contribution in [1.29, 1.82) is 0 Å². The monoisotopic (exact) mass is 250 g/mol. The number of carboxylic acid groups (broad SMARTS) is 1. The zero-order valence-electron chi connectivity index (χ0n) is 10.00. The van der Waals surface area contributed by atoms with Gasteiger partial charge in [0, 0.05) is 19.2 Å². The first-order valence-electron chi connectivity index (χ1n) is 5.69. The molecule has 1 aliphatic carbocycles. The lowest BCUT2D eigenvalue weighted by Crippen LogP contribution is -2.36. The number of rotatable bonds is 4. The normalized spacial score (nSPS) is 14.3. The van der Waals surface area contributed by atoms with Gasteiger partial charge in [0.1, 0.15) is 12.2 Å². The number of aromatic carboxylic acids is 1. The molecule has 1 fully saturated rings. The van der Waals surface area contributed by atoms with Crippen molar-refractivity contribution in [2.75, 3.05) is 7.05 Å². The molecule has 1 saturated carbocycles. The van der Waals surface area contributed by atoms with Crippen LogP contribution in [0.25, 0.3) is 0 Å². The van der Waals surface area contributed by atoms with Gasteiger partial charge in [-0.05, 0) is 18.9 Å². The lowest BCUT2D eigenvalue weighted by molar-refractivity contribution is -0.131. The van der Waals surface area contributed by atoms with E-state index >= 15 is 0 Å². The van der Waals surface area contributed by atoms with E-state index in [1.807, 2.05) is 0 Å². The molecular formula is C12H14N2O4. The minimum atomic E-state index is -1.21. The number of likely N-dealkylation sites (N-methyl/N-ethyl adjacent to an activating group) is 1. The summed E-state index contributed by atoms with van der Waals surface area (Å²) in [5.74, 6) is -1.46. The molecule has 0 unspecified atom stereocenters. The van der Waals surface area contributed by atoms with Crippen LogP contribution in [-0.2, 0) is 11.3 Å². The van der Waals surface area contributed by atoms with Gasteiger partial charge in [-0.3, -0.25) is 14.2 Å². The Hall–Kier alpha value is -2.11. The summed E-state index contributed by atoms with van der Waals surface area (Å²) in [6.45, 7) is -0.228. The van der Waals surface area contributed by atoms with Gasteiger partial charge in [0.2, 0.25) is 5.91 Å². The summed E-state index contributed by atoms with van der Waals surface area (Å²) < 4.78 is 0.990. The molecule has 0 radical (unpaired) electrons. The third kappa shape index (κ3) is 2.42. The summed E-state index contributed by atoms with van der Waals surface area (Å²) in [5, 5.41) is 8.98. The van der Waals surface area contributed by atoms with Gasteiger partial charge in [-0.1, -0.05) is 6.07 Å². The zero-order valence-corrected chi connectivity index (χ0v) is 10.00. The minimum absolute atomic E-state index is 0.167. The van der Waals surface area contributed by atoms with Crippen molar-refractivity contribution in [1.82, 2.24) is 9.47 Å². The molecular weight excluding hydrogens is 236 g/mol. The lowest BCUT2D eigenvalue weighted by atomic mass is 10.3. The first kappa shape index (κ1) is 12.3. The molecule has 0 atom stereocenters. The van der Waals surface area contributed by atoms with Crippen LogP contribution in [-0.4, -0.2) is 39.5 Å². The van der Waals surface area contributed by atoms with Gasteiger partial charge in [-0.15, -0.1) is 0 Å². The van der Waals surface area contributed by atoms with Gasteiger partial charge in [0.25, 0.3) is 5.56 Å². The number of nitrogens with zero attached hydrogens (tertiary/aromatic N) is 2. The van der Waals surface area contributed by atoms with Gasteiger partial charge in [0.05, 0.1) is 0 Å². The fourth-order valence-electron chi connectivity index (χ4n) is 1.78. The molecule has 18 heavy (non-hydrogen) atoms. The van der Waals surface area contributed by atoms with Crippen LogP contribution in [0.5, 0.6) is 0 Å². The highest BCUT2D eigenvalue weighted by Crippen LogP contribution is 2.25. The average Bonchev–Trinajstić information content (AvgIpc) is 3.14. The van der Waals surface area contributed by atoms with E-state index in [9.17, 15) is 14.4 Å². The van der Waals surface area contributed by atoms with E-state index in [-0.39, 0.29) is 24.2 Å². The minimum Gasteiger partial charge on any atom is -0.477 e. The van der Waals surface area contributed by atoms with Crippen LogP contribution in [0.15, 0.2) is 23.0 Å². The maximum absolute atomic E-state index is 11.9. The molecule has 0 aliphatic heterocycles. The van der Waals surface area contributed by atoms with Gasteiger partial charge in [0.15, 0.2) is 0 Å². The number of carbonyl (C=O) groups excluding carboxylic acids is 1. The summed E-state index contributed by atoms with van der Waals surface area (Å²) in [6, 6.07) is 4.17. The maximum atomic E-state index is 11.9. The van der Waals surface area contributed by atoms with Crippen LogP contribution in [0.2, 0.25) is 0 Å². The van der Waals surface area contributed by atoms with Gasteiger partial charge < -0.3 is 10.0 Å². The highest BCUT2D eigenvalue weighted by Gasteiger charge is 2.30. The van der Waals surface area contributed by atoms with Crippen molar-refractivity contribution in [3.63, 3.8) is 0 Å². The molecule has 0 aromatic carbocycles. The number of carboxylic acids is 1. The first-order chi connectivity index (χ1) is 8.50. The molecule has 0 spiro atoms. The highest BCUT2D eigenvalue weighted by molar-refractivity contribution is 5.86. The summed E-state index contributed by atoms with van der Waals surface area (Å²) in [7, 11) is 1.68. The Labute approximate surface area is 103 Å². The van der Waals surface area contributed by atoms with E-state index in [4.69, 9.17) is 5.11 Å². The Kier molecular flexibility index (Phi) is 3.18. The van der Waals surface area contributed by atoms with Crippen LogP contribution in [0.1, 0.15) is 23.3 Å². The highest BCUT2D eigenvalue weighted by atomic mass is 16.4. The van der Waals surface area contributed by atoms with E-state index in [0.29, 0.717) is 0 Å². The van der Waals surface area contributed by atoms with Crippen LogP contribution in [0.4, 0.5) is 0 Å². The largest absolute Gasteiger partial charge is 0.477 e. The Morgan fingerprint density at radius 3 is 2.67 bits per heavy atom. The predicted molar refractivity (Wildman–Crippen MR) is 63.5 cm³/mol. The summed E-state index contributed by atoms with van der Waals surface area (Å²) in [4.78, 5) is 36.1. The molecule has 0 saturated heterocycles. The smallest absolute Gasteiger partial charge is 0.352 e. The third-order valence-electron chi connectivity index (χ3n) is 3.05. The predicted octanol–water partition coefficient (Wildman–Crippen LogP) is 0.167. The molecule has 1 amide bonds. The van der Waals surface area contributed by atoms with Gasteiger partial charge in [-0.25, -0.2) is 4.79 Å². The molecule has 96 valence electrons. The number of amides is 1. The van der Waals surface area contributed by atoms with Crippen molar-refractivity contribution >= 4 is 11.9 Å². The van der Waals surface area contributed by atoms with E-state index in [1.54, 1.807) is 11.9 Å². The zero-order chi connectivity index (χ0) is 13.3. The Balaban J connectivity index is 2.25. The molecule has 1 aliphatic rings. The second kappa shape index (κ2) is 4.64. The molecule has 6 nitrogen and oxygen atoms in total. The summed E-state index contributed by atoms with van der Waals surface area (Å²) >= 11 is 0. The van der Waals surface area contributed by atoms with Crippen LogP contribution in [0.3, 0.4) is 0 Å². The van der Waals surface area contributed by atoms with Gasteiger partial charge >= 0.3 is 5.97 Å². The number of carbonyl (C=O) groups is 2. The lowest BCUT2D eigenvalue weighted by Gasteiger charge is -2.17. The molecule has 6 heteroatoms. The third-order valence-corrected chi connectivity index (χ3v) is 3.05. The molecule has 0 bridgehead atoms. The fourth-order valence-corrected chi connectivity index (χ4v) is 1.78. The quantitative estimate of drug-likeness (QED) is 0.826. The second-order valence-corrected chi connectivity index (χ2v) is 4.38. The Morgan fingerprint density at radius 2 is 2.11 bits per heavy atom.